The third kappa shape index (κ3) is 4.58. The van der Waals surface area contributed by atoms with Gasteiger partial charge in [-0.1, -0.05) is 30.3 Å². The van der Waals surface area contributed by atoms with E-state index in [1.807, 2.05) is 24.4 Å². The number of fused-ring (bicyclic) bond motifs is 1. The van der Waals surface area contributed by atoms with Gasteiger partial charge < -0.3 is 15.5 Å². The third-order valence-electron chi connectivity index (χ3n) is 5.74. The Morgan fingerprint density at radius 3 is 2.62 bits per heavy atom. The van der Waals surface area contributed by atoms with E-state index in [1.54, 1.807) is 10.7 Å². The second-order valence-corrected chi connectivity index (χ2v) is 8.94. The minimum atomic E-state index is 0.377. The average Bonchev–Trinajstić information content (AvgIpc) is 3.21. The van der Waals surface area contributed by atoms with Gasteiger partial charge in [0.15, 0.2) is 5.65 Å². The van der Waals surface area contributed by atoms with E-state index in [-0.39, 0.29) is 0 Å². The lowest BCUT2D eigenvalue weighted by Gasteiger charge is -2.29. The molecule has 9 heteroatoms. The summed E-state index contributed by atoms with van der Waals surface area (Å²) >= 11 is 3.55. The molecule has 1 aliphatic heterocycles. The van der Waals surface area contributed by atoms with Gasteiger partial charge >= 0.3 is 0 Å². The molecule has 1 fully saturated rings. The normalized spacial score (nSPS) is 15.2. The fourth-order valence-corrected chi connectivity index (χ4v) is 4.22. The molecule has 4 aromatic rings. The van der Waals surface area contributed by atoms with Crippen LogP contribution in [0.25, 0.3) is 16.9 Å². The van der Waals surface area contributed by atoms with Gasteiger partial charge in [0.25, 0.3) is 0 Å². The number of anilines is 2. The predicted octanol–water partition coefficient (Wildman–Crippen LogP) is 4.07. The first-order chi connectivity index (χ1) is 15.7. The zero-order valence-corrected chi connectivity index (χ0v) is 19.5. The number of rotatable bonds is 6. The molecule has 0 atom stereocenters. The SMILES string of the molecule is CN1CCC(Nc2nc(NCc3ccc(-c4ccccn4)cc3)n3ncc(Br)c3n2)CC1. The molecule has 0 bridgehead atoms. The van der Waals surface area contributed by atoms with Gasteiger partial charge in [0.05, 0.1) is 16.4 Å². The van der Waals surface area contributed by atoms with Crippen LogP contribution >= 0.6 is 15.9 Å². The van der Waals surface area contributed by atoms with E-state index in [9.17, 15) is 0 Å². The number of hydrogen-bond acceptors (Lipinski definition) is 7. The van der Waals surface area contributed by atoms with Crippen LogP contribution in [0.15, 0.2) is 59.3 Å². The van der Waals surface area contributed by atoms with Crippen LogP contribution in [-0.2, 0) is 6.54 Å². The topological polar surface area (TPSA) is 83.3 Å². The highest BCUT2D eigenvalue weighted by atomic mass is 79.9. The summed E-state index contributed by atoms with van der Waals surface area (Å²) in [7, 11) is 2.16. The van der Waals surface area contributed by atoms with Gasteiger partial charge in [0, 0.05) is 24.3 Å². The summed E-state index contributed by atoms with van der Waals surface area (Å²) in [6, 6.07) is 14.7. The second-order valence-electron chi connectivity index (χ2n) is 8.09. The molecule has 3 aromatic heterocycles. The summed E-state index contributed by atoms with van der Waals surface area (Å²) in [5.74, 6) is 1.28. The van der Waals surface area contributed by atoms with Crippen molar-refractivity contribution >= 4 is 33.5 Å². The van der Waals surface area contributed by atoms with Crippen LogP contribution in [0.4, 0.5) is 11.9 Å². The maximum atomic E-state index is 4.73. The van der Waals surface area contributed by atoms with E-state index in [0.717, 1.165) is 52.9 Å². The van der Waals surface area contributed by atoms with Gasteiger partial charge in [-0.3, -0.25) is 4.98 Å². The molecule has 0 saturated carbocycles. The number of halogens is 1. The molecule has 5 rings (SSSR count). The average molecular weight is 493 g/mol. The first-order valence-corrected chi connectivity index (χ1v) is 11.6. The molecule has 1 aromatic carbocycles. The molecule has 1 aliphatic rings. The van der Waals surface area contributed by atoms with Crippen molar-refractivity contribution in [2.24, 2.45) is 0 Å². The molecule has 32 heavy (non-hydrogen) atoms. The first kappa shape index (κ1) is 20.8. The van der Waals surface area contributed by atoms with Crippen LogP contribution in [0.1, 0.15) is 18.4 Å². The number of benzene rings is 1. The molecule has 0 aliphatic carbocycles. The lowest BCUT2D eigenvalue weighted by atomic mass is 10.1. The summed E-state index contributed by atoms with van der Waals surface area (Å²) < 4.78 is 2.57. The lowest BCUT2D eigenvalue weighted by molar-refractivity contribution is 0.263. The van der Waals surface area contributed by atoms with Gasteiger partial charge in [0.1, 0.15) is 0 Å². The van der Waals surface area contributed by atoms with Crippen molar-refractivity contribution in [3.8, 4) is 11.3 Å². The number of pyridine rings is 1. The smallest absolute Gasteiger partial charge is 0.229 e. The Kier molecular flexibility index (Phi) is 6.00. The molecule has 8 nitrogen and oxygen atoms in total. The molecule has 1 saturated heterocycles. The van der Waals surface area contributed by atoms with Crippen molar-refractivity contribution in [1.29, 1.82) is 0 Å². The summed E-state index contributed by atoms with van der Waals surface area (Å²) in [6.07, 6.45) is 5.72. The summed E-state index contributed by atoms with van der Waals surface area (Å²) in [5, 5.41) is 11.4. The zero-order valence-electron chi connectivity index (χ0n) is 17.9. The number of nitrogens with zero attached hydrogens (tertiary/aromatic N) is 6. The molecular weight excluding hydrogens is 468 g/mol. The van der Waals surface area contributed by atoms with Crippen molar-refractivity contribution in [2.75, 3.05) is 30.8 Å². The molecule has 0 spiro atoms. The minimum absolute atomic E-state index is 0.377. The van der Waals surface area contributed by atoms with E-state index in [4.69, 9.17) is 4.98 Å². The Labute approximate surface area is 195 Å². The summed E-state index contributed by atoms with van der Waals surface area (Å²) in [4.78, 5) is 16.2. The second kappa shape index (κ2) is 9.22. The van der Waals surface area contributed by atoms with E-state index in [0.29, 0.717) is 24.5 Å². The number of aromatic nitrogens is 5. The molecular formula is C23H25BrN8. The molecule has 2 N–H and O–H groups in total. The molecule has 0 radical (unpaired) electrons. The van der Waals surface area contributed by atoms with Gasteiger partial charge in [-0.25, -0.2) is 0 Å². The quantitative estimate of drug-likeness (QED) is 0.419. The van der Waals surface area contributed by atoms with Gasteiger partial charge in [-0.2, -0.15) is 19.6 Å². The predicted molar refractivity (Wildman–Crippen MR) is 130 cm³/mol. The standard InChI is InChI=1S/C23H25BrN8/c1-31-12-9-18(10-13-31)28-22-29-21-19(24)15-27-32(21)23(30-22)26-14-16-5-7-17(8-6-16)20-4-2-3-11-25-20/h2-8,11,15,18H,9-10,12-14H2,1H3,(H2,26,28,29,30). The van der Waals surface area contributed by atoms with Gasteiger partial charge in [-0.05, 0) is 66.6 Å². The van der Waals surface area contributed by atoms with Crippen LogP contribution in [0, 0.1) is 0 Å². The van der Waals surface area contributed by atoms with Crippen LogP contribution < -0.4 is 10.6 Å². The highest BCUT2D eigenvalue weighted by Gasteiger charge is 2.19. The third-order valence-corrected chi connectivity index (χ3v) is 6.30. The summed E-state index contributed by atoms with van der Waals surface area (Å²) in [5.41, 5.74) is 3.95. The minimum Gasteiger partial charge on any atom is -0.351 e. The maximum Gasteiger partial charge on any atom is 0.229 e. The Balaban J connectivity index is 1.33. The van der Waals surface area contributed by atoms with E-state index >= 15 is 0 Å². The zero-order chi connectivity index (χ0) is 21.9. The van der Waals surface area contributed by atoms with Crippen molar-refractivity contribution in [3.05, 3.63) is 64.9 Å². The van der Waals surface area contributed by atoms with Crippen molar-refractivity contribution in [2.45, 2.75) is 25.4 Å². The van der Waals surface area contributed by atoms with Gasteiger partial charge in [0.2, 0.25) is 11.9 Å². The number of hydrogen-bond donors (Lipinski definition) is 2. The highest BCUT2D eigenvalue weighted by Crippen LogP contribution is 2.22. The van der Waals surface area contributed by atoms with E-state index in [2.05, 4.69) is 77.8 Å². The van der Waals surface area contributed by atoms with Crippen LogP contribution in [0.3, 0.4) is 0 Å². The van der Waals surface area contributed by atoms with Crippen LogP contribution in [0.5, 0.6) is 0 Å². The van der Waals surface area contributed by atoms with Crippen LogP contribution in [-0.4, -0.2) is 55.6 Å². The summed E-state index contributed by atoms with van der Waals surface area (Å²) in [6.45, 7) is 2.78. The fourth-order valence-electron chi connectivity index (χ4n) is 3.87. The van der Waals surface area contributed by atoms with E-state index in [1.165, 1.54) is 0 Å². The Morgan fingerprint density at radius 2 is 1.88 bits per heavy atom. The molecule has 4 heterocycles. The molecule has 0 amide bonds. The Hall–Kier alpha value is -3.04. The monoisotopic (exact) mass is 492 g/mol. The lowest BCUT2D eigenvalue weighted by Crippen LogP contribution is -2.37. The molecule has 164 valence electrons. The van der Waals surface area contributed by atoms with Crippen molar-refractivity contribution in [1.82, 2.24) is 29.5 Å². The van der Waals surface area contributed by atoms with Crippen molar-refractivity contribution in [3.63, 3.8) is 0 Å². The number of likely N-dealkylation sites (tertiary alicyclic amines) is 1. The largest absolute Gasteiger partial charge is 0.351 e. The first-order valence-electron chi connectivity index (χ1n) is 10.8. The van der Waals surface area contributed by atoms with Crippen LogP contribution in [0.2, 0.25) is 0 Å². The maximum absolute atomic E-state index is 4.73. The van der Waals surface area contributed by atoms with E-state index < -0.39 is 0 Å². The van der Waals surface area contributed by atoms with Gasteiger partial charge in [-0.15, -0.1) is 0 Å². The fraction of sp³-hybridized carbons (Fsp3) is 0.304. The number of piperidine rings is 1. The number of nitrogens with one attached hydrogen (secondary N) is 2. The highest BCUT2D eigenvalue weighted by molar-refractivity contribution is 9.10. The Morgan fingerprint density at radius 1 is 1.06 bits per heavy atom. The Bertz CT molecular complexity index is 1180. The van der Waals surface area contributed by atoms with Crippen molar-refractivity contribution < 1.29 is 0 Å². The molecule has 0 unspecified atom stereocenters.